The molecule has 0 aromatic heterocycles. The molecule has 0 radical (unpaired) electrons. The number of nitrogens with zero attached hydrogens (tertiary/aromatic N) is 3. The highest BCUT2D eigenvalue weighted by Crippen LogP contribution is 2.33. The number of oxime groups is 1. The molecular formula is C14H15N3O3. The zero-order chi connectivity index (χ0) is 14.1. The van der Waals surface area contributed by atoms with Gasteiger partial charge in [-0.05, 0) is 24.5 Å². The van der Waals surface area contributed by atoms with Gasteiger partial charge in [0.2, 0.25) is 0 Å². The first-order chi connectivity index (χ1) is 9.69. The number of allylic oxidation sites excluding steroid dienone is 1. The van der Waals surface area contributed by atoms with Gasteiger partial charge in [0.25, 0.3) is 5.69 Å². The summed E-state index contributed by atoms with van der Waals surface area (Å²) in [6.45, 7) is 1.90. The molecule has 0 atom stereocenters. The smallest absolute Gasteiger partial charge is 0.270 e. The van der Waals surface area contributed by atoms with Gasteiger partial charge in [0.05, 0.1) is 10.6 Å². The van der Waals surface area contributed by atoms with Crippen LogP contribution in [0.3, 0.4) is 0 Å². The van der Waals surface area contributed by atoms with Crippen molar-refractivity contribution in [2.45, 2.75) is 12.8 Å². The maximum absolute atomic E-state index is 10.8. The van der Waals surface area contributed by atoms with E-state index in [4.69, 9.17) is 0 Å². The monoisotopic (exact) mass is 273 g/mol. The molecule has 3 fully saturated rings. The lowest BCUT2D eigenvalue weighted by Gasteiger charge is -2.42. The summed E-state index contributed by atoms with van der Waals surface area (Å²) < 4.78 is 0. The Hall–Kier alpha value is -2.37. The maximum atomic E-state index is 10.8. The summed E-state index contributed by atoms with van der Waals surface area (Å²) in [4.78, 5) is 12.6. The Kier molecular flexibility index (Phi) is 3.14. The van der Waals surface area contributed by atoms with Gasteiger partial charge in [-0.15, -0.1) is 0 Å². The van der Waals surface area contributed by atoms with Gasteiger partial charge in [0.15, 0.2) is 0 Å². The largest absolute Gasteiger partial charge is 0.411 e. The van der Waals surface area contributed by atoms with Gasteiger partial charge in [0.1, 0.15) is 5.71 Å². The number of hydrogen-bond donors (Lipinski definition) is 1. The van der Waals surface area contributed by atoms with Gasteiger partial charge in [0, 0.05) is 31.1 Å². The molecule has 3 heterocycles. The molecule has 104 valence electrons. The quantitative estimate of drug-likeness (QED) is 0.510. The van der Waals surface area contributed by atoms with Crippen molar-refractivity contribution >= 4 is 17.5 Å². The van der Waals surface area contributed by atoms with Crippen molar-refractivity contribution in [3.8, 4) is 0 Å². The molecule has 0 spiro atoms. The molecule has 6 nitrogen and oxygen atoms in total. The number of rotatable bonds is 2. The van der Waals surface area contributed by atoms with Crippen LogP contribution in [0.4, 0.5) is 5.69 Å². The fourth-order valence-corrected chi connectivity index (χ4v) is 2.95. The minimum Gasteiger partial charge on any atom is -0.411 e. The molecule has 1 aromatic rings. The maximum Gasteiger partial charge on any atom is 0.270 e. The summed E-state index contributed by atoms with van der Waals surface area (Å²) in [5.41, 5.74) is 2.41. The van der Waals surface area contributed by atoms with Crippen molar-refractivity contribution in [2.75, 3.05) is 13.1 Å². The molecule has 3 aliphatic heterocycles. The average Bonchev–Trinajstić information content (AvgIpc) is 2.48. The fourth-order valence-electron chi connectivity index (χ4n) is 2.95. The average molecular weight is 273 g/mol. The third-order valence-electron chi connectivity index (χ3n) is 3.98. The Morgan fingerprint density at radius 2 is 2.15 bits per heavy atom. The summed E-state index contributed by atoms with van der Waals surface area (Å²) in [5, 5.41) is 23.5. The summed E-state index contributed by atoms with van der Waals surface area (Å²) in [6, 6.07) is 6.48. The number of fused-ring (bicyclic) bond motifs is 3. The lowest BCUT2D eigenvalue weighted by molar-refractivity contribution is -0.384. The van der Waals surface area contributed by atoms with Crippen LogP contribution in [0.1, 0.15) is 18.4 Å². The van der Waals surface area contributed by atoms with Crippen LogP contribution in [0.25, 0.3) is 6.08 Å². The van der Waals surface area contributed by atoms with Crippen LogP contribution in [0.2, 0.25) is 0 Å². The van der Waals surface area contributed by atoms with E-state index >= 15 is 0 Å². The van der Waals surface area contributed by atoms with E-state index in [0.29, 0.717) is 11.6 Å². The van der Waals surface area contributed by atoms with Gasteiger partial charge in [-0.2, -0.15) is 0 Å². The summed E-state index contributed by atoms with van der Waals surface area (Å²) >= 11 is 0. The predicted molar refractivity (Wildman–Crippen MR) is 74.6 cm³/mol. The van der Waals surface area contributed by atoms with E-state index in [-0.39, 0.29) is 5.69 Å². The zero-order valence-corrected chi connectivity index (χ0v) is 10.9. The normalized spacial score (nSPS) is 22.7. The van der Waals surface area contributed by atoms with Crippen molar-refractivity contribution in [1.82, 2.24) is 4.90 Å². The zero-order valence-electron chi connectivity index (χ0n) is 10.9. The number of non-ortho nitro benzene ring substituents is 1. The molecule has 1 aromatic carbocycles. The Labute approximate surface area is 116 Å². The van der Waals surface area contributed by atoms with E-state index < -0.39 is 4.92 Å². The van der Waals surface area contributed by atoms with Crippen molar-refractivity contribution in [3.05, 3.63) is 45.6 Å². The highest BCUT2D eigenvalue weighted by atomic mass is 16.6. The van der Waals surface area contributed by atoms with Gasteiger partial charge < -0.3 is 10.1 Å². The lowest BCUT2D eigenvalue weighted by Crippen LogP contribution is -2.46. The standard InChI is InChI=1S/C14H15N3O3/c18-15-14-11-4-6-16(7-5-11)13(14)9-10-2-1-3-12(8-10)17(19)20/h1-3,8-9,11,18H,4-7H2. The summed E-state index contributed by atoms with van der Waals surface area (Å²) in [5.74, 6) is 0.301. The Balaban J connectivity index is 1.98. The topological polar surface area (TPSA) is 79.0 Å². The van der Waals surface area contributed by atoms with Crippen molar-refractivity contribution < 1.29 is 10.1 Å². The molecule has 1 N–H and O–H groups in total. The van der Waals surface area contributed by atoms with Crippen LogP contribution in [0.15, 0.2) is 35.1 Å². The number of nitro groups is 1. The highest BCUT2D eigenvalue weighted by molar-refractivity contribution is 6.05. The van der Waals surface area contributed by atoms with E-state index in [9.17, 15) is 15.3 Å². The van der Waals surface area contributed by atoms with E-state index in [1.54, 1.807) is 6.07 Å². The molecule has 2 bridgehead atoms. The van der Waals surface area contributed by atoms with Crippen molar-refractivity contribution in [2.24, 2.45) is 11.1 Å². The minimum atomic E-state index is -0.406. The number of piperidine rings is 3. The third kappa shape index (κ3) is 2.13. The van der Waals surface area contributed by atoms with Crippen LogP contribution >= 0.6 is 0 Å². The molecule has 3 saturated heterocycles. The van der Waals surface area contributed by atoms with Crippen LogP contribution < -0.4 is 0 Å². The van der Waals surface area contributed by atoms with Crippen LogP contribution in [-0.4, -0.2) is 33.8 Å². The van der Waals surface area contributed by atoms with E-state index in [0.717, 1.165) is 37.2 Å². The van der Waals surface area contributed by atoms with Crippen molar-refractivity contribution in [3.63, 3.8) is 0 Å². The van der Waals surface area contributed by atoms with Crippen LogP contribution in [0, 0.1) is 16.0 Å². The molecule has 0 saturated carbocycles. The van der Waals surface area contributed by atoms with Gasteiger partial charge in [-0.25, -0.2) is 0 Å². The second-order valence-corrected chi connectivity index (χ2v) is 5.13. The predicted octanol–water partition coefficient (Wildman–Crippen LogP) is 2.49. The highest BCUT2D eigenvalue weighted by Gasteiger charge is 2.35. The Bertz CT molecular complexity index is 601. The van der Waals surface area contributed by atoms with Gasteiger partial charge >= 0.3 is 0 Å². The van der Waals surface area contributed by atoms with Gasteiger partial charge in [-0.1, -0.05) is 17.3 Å². The molecule has 0 aliphatic carbocycles. The SMILES string of the molecule is O=[N+]([O-])c1cccc(C=C2C(=NO)C3CCN2CC3)c1. The molecule has 0 amide bonds. The molecule has 4 rings (SSSR count). The van der Waals surface area contributed by atoms with E-state index in [1.807, 2.05) is 12.1 Å². The molecule has 0 unspecified atom stereocenters. The molecule has 3 aliphatic rings. The molecule has 20 heavy (non-hydrogen) atoms. The number of benzene rings is 1. The molecular weight excluding hydrogens is 258 g/mol. The van der Waals surface area contributed by atoms with Gasteiger partial charge in [-0.3, -0.25) is 10.1 Å². The van der Waals surface area contributed by atoms with E-state index in [1.165, 1.54) is 12.1 Å². The summed E-state index contributed by atoms with van der Waals surface area (Å²) in [7, 11) is 0. The fraction of sp³-hybridized carbons (Fsp3) is 0.357. The second kappa shape index (κ2) is 4.96. The number of nitro benzene ring substituents is 1. The summed E-state index contributed by atoms with van der Waals surface area (Å²) in [6.07, 6.45) is 3.88. The first-order valence-corrected chi connectivity index (χ1v) is 6.62. The Morgan fingerprint density at radius 1 is 1.40 bits per heavy atom. The van der Waals surface area contributed by atoms with Crippen LogP contribution in [-0.2, 0) is 0 Å². The second-order valence-electron chi connectivity index (χ2n) is 5.13. The third-order valence-corrected chi connectivity index (χ3v) is 3.98. The lowest BCUT2D eigenvalue weighted by atomic mass is 9.83. The Morgan fingerprint density at radius 3 is 2.80 bits per heavy atom. The first kappa shape index (κ1) is 12.7. The number of hydrogen-bond acceptors (Lipinski definition) is 5. The molecule has 6 heteroatoms. The van der Waals surface area contributed by atoms with Crippen LogP contribution in [0.5, 0.6) is 0 Å². The van der Waals surface area contributed by atoms with E-state index in [2.05, 4.69) is 10.1 Å². The van der Waals surface area contributed by atoms with Crippen molar-refractivity contribution in [1.29, 1.82) is 0 Å². The minimum absolute atomic E-state index is 0.0674. The first-order valence-electron chi connectivity index (χ1n) is 6.62.